The van der Waals surface area contributed by atoms with Gasteiger partial charge in [-0.1, -0.05) is 17.4 Å². The number of hydrogen-bond acceptors (Lipinski definition) is 6. The number of carbonyl (C=O) groups excluding carboxylic acids is 1. The first-order valence-electron chi connectivity index (χ1n) is 9.06. The Labute approximate surface area is 180 Å². The maximum Gasteiger partial charge on any atom is 0.269 e. The number of nitrogens with one attached hydrogen (secondary N) is 2. The van der Waals surface area contributed by atoms with Crippen LogP contribution in [-0.2, 0) is 0 Å². The van der Waals surface area contributed by atoms with Crippen LogP contribution < -0.4 is 20.3 Å². The molecular weight excluding hydrogens is 422 g/mol. The number of methoxy groups -OCH3 is 2. The highest BCUT2D eigenvalue weighted by Crippen LogP contribution is 2.32. The molecule has 2 N–H and O–H groups in total. The Bertz CT molecular complexity index is 1430. The normalized spacial score (nSPS) is 11.1. The van der Waals surface area contributed by atoms with Gasteiger partial charge >= 0.3 is 0 Å². The summed E-state index contributed by atoms with van der Waals surface area (Å²) in [5, 5.41) is 3.27. The summed E-state index contributed by atoms with van der Waals surface area (Å²) in [5.74, 6) is 0.558. The average molecular weight is 442 g/mol. The summed E-state index contributed by atoms with van der Waals surface area (Å²) in [7, 11) is 3.02. The molecule has 30 heavy (non-hydrogen) atoms. The average Bonchev–Trinajstić information content (AvgIpc) is 3.06. The summed E-state index contributed by atoms with van der Waals surface area (Å²) in [6.45, 7) is 3.99. The van der Waals surface area contributed by atoms with Gasteiger partial charge in [0.2, 0.25) is 0 Å². The number of fused-ring (bicyclic) bond motifs is 3. The molecule has 9 heteroatoms. The fourth-order valence-electron chi connectivity index (χ4n) is 3.28. The van der Waals surface area contributed by atoms with Crippen LogP contribution in [-0.4, -0.2) is 29.5 Å². The Balaban J connectivity index is 1.90. The molecule has 0 aliphatic heterocycles. The molecule has 0 spiro atoms. The molecule has 2 aromatic carbocycles. The first-order chi connectivity index (χ1) is 14.3. The number of thiazole rings is 1. The first-order valence-corrected chi connectivity index (χ1v) is 10.3. The number of amides is 1. The Morgan fingerprint density at radius 1 is 1.10 bits per heavy atom. The van der Waals surface area contributed by atoms with Crippen LogP contribution in [0, 0.1) is 17.8 Å². The highest BCUT2D eigenvalue weighted by Gasteiger charge is 2.20. The number of nitrogens with zero attached hydrogens (tertiary/aromatic N) is 1. The number of aromatic amines is 1. The molecule has 0 saturated heterocycles. The topological polar surface area (TPSA) is 84.8 Å². The van der Waals surface area contributed by atoms with Crippen molar-refractivity contribution in [3.05, 3.63) is 60.6 Å². The minimum Gasteiger partial charge on any atom is -0.493 e. The smallest absolute Gasteiger partial charge is 0.269 e. The number of anilines is 1. The molecule has 1 amide bonds. The number of aryl methyl sites for hydroxylation is 2. The molecule has 4 aromatic rings. The van der Waals surface area contributed by atoms with E-state index in [4.69, 9.17) is 21.7 Å². The van der Waals surface area contributed by atoms with E-state index in [1.54, 1.807) is 16.5 Å². The Morgan fingerprint density at radius 2 is 1.80 bits per heavy atom. The van der Waals surface area contributed by atoms with Crippen molar-refractivity contribution in [3.63, 3.8) is 0 Å². The molecule has 0 aliphatic rings. The Hall–Kier alpha value is -3.17. The van der Waals surface area contributed by atoms with Gasteiger partial charge in [-0.15, -0.1) is 0 Å². The monoisotopic (exact) mass is 441 g/mol. The third-order valence-corrected chi connectivity index (χ3v) is 6.37. The van der Waals surface area contributed by atoms with Crippen LogP contribution in [0.3, 0.4) is 0 Å². The summed E-state index contributed by atoms with van der Waals surface area (Å²) in [4.78, 5) is 28.9. The molecule has 0 fully saturated rings. The minimum atomic E-state index is -0.348. The fraction of sp³-hybridized carbons (Fsp3) is 0.190. The predicted octanol–water partition coefficient (Wildman–Crippen LogP) is 4.46. The molecular formula is C21H19N3O4S2. The second kappa shape index (κ2) is 7.58. The molecule has 0 atom stereocenters. The third-order valence-electron chi connectivity index (χ3n) is 5.00. The molecule has 7 nitrogen and oxygen atoms in total. The summed E-state index contributed by atoms with van der Waals surface area (Å²) in [6, 6.07) is 8.97. The lowest BCUT2D eigenvalue weighted by Gasteiger charge is -2.10. The summed E-state index contributed by atoms with van der Waals surface area (Å²) in [5.41, 5.74) is 3.42. The van der Waals surface area contributed by atoms with Crippen LogP contribution in [0.4, 0.5) is 5.69 Å². The van der Waals surface area contributed by atoms with Gasteiger partial charge in [0.25, 0.3) is 11.5 Å². The quantitative estimate of drug-likeness (QED) is 0.457. The maximum atomic E-state index is 13.0. The molecule has 154 valence electrons. The van der Waals surface area contributed by atoms with Crippen molar-refractivity contribution in [1.29, 1.82) is 0 Å². The second-order valence-electron chi connectivity index (χ2n) is 6.81. The number of aromatic nitrogens is 2. The van der Waals surface area contributed by atoms with Crippen molar-refractivity contribution in [2.75, 3.05) is 19.5 Å². The molecule has 0 saturated carbocycles. The van der Waals surface area contributed by atoms with Crippen molar-refractivity contribution in [2.24, 2.45) is 0 Å². The minimum absolute atomic E-state index is 0.326. The van der Waals surface area contributed by atoms with E-state index in [9.17, 15) is 9.59 Å². The van der Waals surface area contributed by atoms with E-state index in [1.807, 2.05) is 32.0 Å². The lowest BCUT2D eigenvalue weighted by molar-refractivity contribution is 0.103. The molecule has 0 radical (unpaired) electrons. The van der Waals surface area contributed by atoms with E-state index in [1.165, 1.54) is 14.2 Å². The SMILES string of the molecule is COc1cc2c(=O)[nH]c3c(C(=O)Nc4ccc(C)c(C)c4)sc(=S)n3c2cc1OC. The number of hydrogen-bond donors (Lipinski definition) is 2. The molecule has 4 rings (SSSR count). The van der Waals surface area contributed by atoms with Gasteiger partial charge in [-0.25, -0.2) is 0 Å². The number of benzene rings is 2. The van der Waals surface area contributed by atoms with Crippen LogP contribution >= 0.6 is 23.6 Å². The van der Waals surface area contributed by atoms with E-state index in [-0.39, 0.29) is 11.5 Å². The lowest BCUT2D eigenvalue weighted by atomic mass is 10.1. The van der Waals surface area contributed by atoms with Crippen molar-refractivity contribution in [1.82, 2.24) is 9.38 Å². The Kier molecular flexibility index (Phi) is 5.08. The highest BCUT2D eigenvalue weighted by molar-refractivity contribution is 7.73. The van der Waals surface area contributed by atoms with Crippen molar-refractivity contribution >= 4 is 51.7 Å². The standard InChI is InChI=1S/C21H19N3O4S2/c1-10-5-6-12(7-11(10)2)22-20(26)17-18-23-19(25)13-8-15(27-3)16(28-4)9-14(13)24(18)21(29)30-17/h5-9H,1-4H3,(H,22,26)(H,23,25). The van der Waals surface area contributed by atoms with Gasteiger partial charge in [0.05, 0.1) is 25.1 Å². The molecule has 0 unspecified atom stereocenters. The maximum absolute atomic E-state index is 13.0. The number of carbonyl (C=O) groups is 1. The van der Waals surface area contributed by atoms with Gasteiger partial charge in [-0.3, -0.25) is 14.0 Å². The van der Waals surface area contributed by atoms with Gasteiger partial charge in [0.1, 0.15) is 10.5 Å². The zero-order chi connectivity index (χ0) is 21.6. The van der Waals surface area contributed by atoms with E-state index in [2.05, 4.69) is 10.3 Å². The lowest BCUT2D eigenvalue weighted by Crippen LogP contribution is -2.15. The molecule has 2 heterocycles. The summed E-state index contributed by atoms with van der Waals surface area (Å²) in [6.07, 6.45) is 0. The van der Waals surface area contributed by atoms with E-state index >= 15 is 0 Å². The highest BCUT2D eigenvalue weighted by atomic mass is 32.1. The summed E-state index contributed by atoms with van der Waals surface area (Å²) < 4.78 is 12.8. The van der Waals surface area contributed by atoms with Crippen molar-refractivity contribution < 1.29 is 14.3 Å². The molecule has 2 aromatic heterocycles. The van der Waals surface area contributed by atoms with Gasteiger partial charge < -0.3 is 19.8 Å². The summed E-state index contributed by atoms with van der Waals surface area (Å²) >= 11 is 6.65. The van der Waals surface area contributed by atoms with E-state index < -0.39 is 0 Å². The number of rotatable bonds is 4. The molecule has 0 aliphatic carbocycles. The van der Waals surface area contributed by atoms with Crippen LogP contribution in [0.25, 0.3) is 16.6 Å². The zero-order valence-electron chi connectivity index (χ0n) is 16.8. The fourth-order valence-corrected chi connectivity index (χ4v) is 4.55. The van der Waals surface area contributed by atoms with Crippen LogP contribution in [0.2, 0.25) is 0 Å². The van der Waals surface area contributed by atoms with Crippen LogP contribution in [0.15, 0.2) is 35.1 Å². The number of ether oxygens (including phenoxy) is 2. The second-order valence-corrected chi connectivity index (χ2v) is 8.46. The van der Waals surface area contributed by atoms with Gasteiger partial charge in [0.15, 0.2) is 15.5 Å². The van der Waals surface area contributed by atoms with Gasteiger partial charge in [-0.05, 0) is 55.4 Å². The van der Waals surface area contributed by atoms with Crippen molar-refractivity contribution in [2.45, 2.75) is 13.8 Å². The van der Waals surface area contributed by atoms with E-state index in [0.717, 1.165) is 22.5 Å². The van der Waals surface area contributed by atoms with Crippen LogP contribution in [0.1, 0.15) is 20.8 Å². The first kappa shape index (κ1) is 20.1. The Morgan fingerprint density at radius 3 is 2.47 bits per heavy atom. The largest absolute Gasteiger partial charge is 0.493 e. The van der Waals surface area contributed by atoms with Crippen molar-refractivity contribution in [3.8, 4) is 11.5 Å². The molecule has 0 bridgehead atoms. The zero-order valence-corrected chi connectivity index (χ0v) is 18.4. The van der Waals surface area contributed by atoms with Crippen LogP contribution in [0.5, 0.6) is 11.5 Å². The predicted molar refractivity (Wildman–Crippen MR) is 121 cm³/mol. The number of H-pyrrole nitrogens is 1. The van der Waals surface area contributed by atoms with Gasteiger partial charge in [-0.2, -0.15) is 0 Å². The van der Waals surface area contributed by atoms with Gasteiger partial charge in [0, 0.05) is 11.8 Å². The van der Waals surface area contributed by atoms with E-state index in [0.29, 0.717) is 42.6 Å². The third kappa shape index (κ3) is 3.25.